The van der Waals surface area contributed by atoms with Crippen LogP contribution in [-0.4, -0.2) is 11.5 Å². The zero-order chi connectivity index (χ0) is 12.0. The van der Waals surface area contributed by atoms with Gasteiger partial charge >= 0.3 is 0 Å². The van der Waals surface area contributed by atoms with Crippen molar-refractivity contribution in [3.05, 3.63) is 33.4 Å². The molecule has 1 unspecified atom stereocenters. The summed E-state index contributed by atoms with van der Waals surface area (Å²) in [5.74, 6) is 0.593. The standard InChI is InChI=1S/C13H14Cl2N2/c14-10-4-9-8-3-7(6-16)1-2-12(8)17-13(9)5-11(10)15/h4-5,7,17H,1-3,6,16H2. The molecule has 0 fully saturated rings. The number of fused-ring (bicyclic) bond motifs is 3. The second-order valence-electron chi connectivity index (χ2n) is 4.74. The normalized spacial score (nSPS) is 19.6. The maximum Gasteiger partial charge on any atom is 0.0613 e. The van der Waals surface area contributed by atoms with Crippen LogP contribution < -0.4 is 5.73 Å². The Morgan fingerprint density at radius 2 is 2.06 bits per heavy atom. The van der Waals surface area contributed by atoms with Crippen LogP contribution in [0.1, 0.15) is 17.7 Å². The van der Waals surface area contributed by atoms with Crippen LogP contribution in [0.2, 0.25) is 10.0 Å². The number of halogens is 2. The molecule has 0 aliphatic heterocycles. The molecule has 0 saturated carbocycles. The second kappa shape index (κ2) is 4.20. The summed E-state index contributed by atoms with van der Waals surface area (Å²) in [6, 6.07) is 3.88. The molecule has 90 valence electrons. The largest absolute Gasteiger partial charge is 0.358 e. The fraction of sp³-hybridized carbons (Fsp3) is 0.385. The summed E-state index contributed by atoms with van der Waals surface area (Å²) in [5.41, 5.74) is 9.55. The van der Waals surface area contributed by atoms with E-state index in [2.05, 4.69) is 4.98 Å². The molecule has 0 spiro atoms. The van der Waals surface area contributed by atoms with Gasteiger partial charge in [-0.3, -0.25) is 0 Å². The van der Waals surface area contributed by atoms with Gasteiger partial charge in [-0.15, -0.1) is 0 Å². The molecule has 0 bridgehead atoms. The fourth-order valence-corrected chi connectivity index (χ4v) is 3.01. The number of benzene rings is 1. The monoisotopic (exact) mass is 268 g/mol. The van der Waals surface area contributed by atoms with E-state index in [9.17, 15) is 0 Å². The molecular weight excluding hydrogens is 255 g/mol. The Kier molecular flexibility index (Phi) is 2.81. The van der Waals surface area contributed by atoms with Crippen LogP contribution >= 0.6 is 23.2 Å². The average Bonchev–Trinajstić information content (AvgIpc) is 2.67. The molecule has 1 aliphatic carbocycles. The van der Waals surface area contributed by atoms with Gasteiger partial charge in [0.15, 0.2) is 0 Å². The van der Waals surface area contributed by atoms with Crippen LogP contribution in [0.15, 0.2) is 12.1 Å². The summed E-state index contributed by atoms with van der Waals surface area (Å²) >= 11 is 12.1. The first-order valence-electron chi connectivity index (χ1n) is 5.87. The Bertz CT molecular complexity index is 574. The minimum atomic E-state index is 0.593. The quantitative estimate of drug-likeness (QED) is 0.816. The van der Waals surface area contributed by atoms with E-state index in [4.69, 9.17) is 28.9 Å². The topological polar surface area (TPSA) is 41.8 Å². The molecule has 2 aromatic rings. The highest BCUT2D eigenvalue weighted by atomic mass is 35.5. The maximum absolute atomic E-state index is 6.09. The Balaban J connectivity index is 2.17. The predicted octanol–water partition coefficient (Wildman–Crippen LogP) is 3.54. The van der Waals surface area contributed by atoms with Gasteiger partial charge in [-0.25, -0.2) is 0 Å². The van der Waals surface area contributed by atoms with E-state index in [1.807, 2.05) is 12.1 Å². The van der Waals surface area contributed by atoms with Crippen molar-refractivity contribution in [1.29, 1.82) is 0 Å². The minimum absolute atomic E-state index is 0.593. The molecular formula is C13H14Cl2N2. The minimum Gasteiger partial charge on any atom is -0.358 e. The molecule has 3 rings (SSSR count). The number of H-pyrrole nitrogens is 1. The average molecular weight is 269 g/mol. The molecule has 2 nitrogen and oxygen atoms in total. The highest BCUT2D eigenvalue weighted by Crippen LogP contribution is 2.35. The van der Waals surface area contributed by atoms with Gasteiger partial charge < -0.3 is 10.7 Å². The van der Waals surface area contributed by atoms with Crippen molar-refractivity contribution in [2.75, 3.05) is 6.54 Å². The van der Waals surface area contributed by atoms with Gasteiger partial charge in [-0.2, -0.15) is 0 Å². The third-order valence-electron chi connectivity index (χ3n) is 3.66. The third-order valence-corrected chi connectivity index (χ3v) is 4.39. The SMILES string of the molecule is NCC1CCc2[nH]c3cc(Cl)c(Cl)cc3c2C1. The van der Waals surface area contributed by atoms with E-state index in [0.717, 1.165) is 31.3 Å². The summed E-state index contributed by atoms with van der Waals surface area (Å²) in [5, 5.41) is 2.43. The van der Waals surface area contributed by atoms with Gasteiger partial charge in [-0.1, -0.05) is 23.2 Å². The van der Waals surface area contributed by atoms with Crippen molar-refractivity contribution in [2.24, 2.45) is 11.7 Å². The number of hydrogen-bond donors (Lipinski definition) is 2. The highest BCUT2D eigenvalue weighted by molar-refractivity contribution is 6.42. The van der Waals surface area contributed by atoms with Crippen LogP contribution in [0.5, 0.6) is 0 Å². The number of rotatable bonds is 1. The molecule has 1 heterocycles. The molecule has 1 aromatic carbocycles. The van der Waals surface area contributed by atoms with E-state index in [1.165, 1.54) is 16.6 Å². The number of nitrogens with two attached hydrogens (primary N) is 1. The van der Waals surface area contributed by atoms with Crippen molar-refractivity contribution in [3.63, 3.8) is 0 Å². The molecule has 1 aromatic heterocycles. The van der Waals surface area contributed by atoms with E-state index < -0.39 is 0 Å². The van der Waals surface area contributed by atoms with Crippen LogP contribution in [0, 0.1) is 5.92 Å². The number of aromatic amines is 1. The zero-order valence-corrected chi connectivity index (χ0v) is 10.9. The number of aromatic nitrogens is 1. The van der Waals surface area contributed by atoms with Crippen molar-refractivity contribution < 1.29 is 0 Å². The molecule has 4 heteroatoms. The first kappa shape index (κ1) is 11.4. The van der Waals surface area contributed by atoms with Crippen molar-refractivity contribution in [3.8, 4) is 0 Å². The number of hydrogen-bond acceptors (Lipinski definition) is 1. The van der Waals surface area contributed by atoms with Crippen LogP contribution in [0.4, 0.5) is 0 Å². The first-order valence-corrected chi connectivity index (χ1v) is 6.63. The van der Waals surface area contributed by atoms with Crippen LogP contribution in [0.3, 0.4) is 0 Å². The van der Waals surface area contributed by atoms with Crippen molar-refractivity contribution >= 4 is 34.1 Å². The van der Waals surface area contributed by atoms with Gasteiger partial charge in [0.2, 0.25) is 0 Å². The van der Waals surface area contributed by atoms with E-state index in [-0.39, 0.29) is 0 Å². The van der Waals surface area contributed by atoms with Crippen molar-refractivity contribution in [2.45, 2.75) is 19.3 Å². The lowest BCUT2D eigenvalue weighted by Gasteiger charge is -2.20. The first-order chi connectivity index (χ1) is 8.19. The molecule has 17 heavy (non-hydrogen) atoms. The lowest BCUT2D eigenvalue weighted by Crippen LogP contribution is -2.21. The summed E-state index contributed by atoms with van der Waals surface area (Å²) < 4.78 is 0. The molecule has 1 atom stereocenters. The van der Waals surface area contributed by atoms with E-state index in [0.29, 0.717) is 16.0 Å². The Labute approximate surface area is 110 Å². The maximum atomic E-state index is 6.09. The van der Waals surface area contributed by atoms with Crippen LogP contribution in [0.25, 0.3) is 10.9 Å². The third kappa shape index (κ3) is 1.85. The molecule has 3 N–H and O–H groups in total. The fourth-order valence-electron chi connectivity index (χ4n) is 2.69. The van der Waals surface area contributed by atoms with Crippen molar-refractivity contribution in [1.82, 2.24) is 4.98 Å². The predicted molar refractivity (Wildman–Crippen MR) is 72.9 cm³/mol. The lowest BCUT2D eigenvalue weighted by molar-refractivity contribution is 0.468. The van der Waals surface area contributed by atoms with E-state index >= 15 is 0 Å². The van der Waals surface area contributed by atoms with Gasteiger partial charge in [0.05, 0.1) is 10.0 Å². The zero-order valence-electron chi connectivity index (χ0n) is 9.39. The van der Waals surface area contributed by atoms with Gasteiger partial charge in [0.1, 0.15) is 0 Å². The summed E-state index contributed by atoms with van der Waals surface area (Å²) in [6.07, 6.45) is 3.28. The second-order valence-corrected chi connectivity index (χ2v) is 5.55. The Hall–Kier alpha value is -0.700. The van der Waals surface area contributed by atoms with Crippen LogP contribution in [-0.2, 0) is 12.8 Å². The lowest BCUT2D eigenvalue weighted by atomic mass is 9.86. The van der Waals surface area contributed by atoms with E-state index in [1.54, 1.807) is 0 Å². The highest BCUT2D eigenvalue weighted by Gasteiger charge is 2.22. The molecule has 0 saturated heterocycles. The Morgan fingerprint density at radius 3 is 2.82 bits per heavy atom. The molecule has 1 aliphatic rings. The summed E-state index contributed by atoms with van der Waals surface area (Å²) in [6.45, 7) is 0.757. The summed E-state index contributed by atoms with van der Waals surface area (Å²) in [7, 11) is 0. The van der Waals surface area contributed by atoms with Gasteiger partial charge in [0, 0.05) is 16.6 Å². The Morgan fingerprint density at radius 1 is 1.29 bits per heavy atom. The van der Waals surface area contributed by atoms with Gasteiger partial charge in [-0.05, 0) is 49.4 Å². The smallest absolute Gasteiger partial charge is 0.0613 e. The molecule has 0 radical (unpaired) electrons. The summed E-state index contributed by atoms with van der Waals surface area (Å²) in [4.78, 5) is 3.44. The van der Waals surface area contributed by atoms with Gasteiger partial charge in [0.25, 0.3) is 0 Å². The number of nitrogens with one attached hydrogen (secondary N) is 1. The molecule has 0 amide bonds. The number of aryl methyl sites for hydroxylation is 1.